The number of allylic oxidation sites excluding steroid dienone is 4. The molecule has 0 spiro atoms. The summed E-state index contributed by atoms with van der Waals surface area (Å²) in [7, 11) is -10.8. The predicted octanol–water partition coefficient (Wildman–Crippen LogP) is 35.6. The van der Waals surface area contributed by atoms with E-state index in [1.54, 1.807) is 0 Å². The summed E-state index contributed by atoms with van der Waals surface area (Å²) in [5.41, 5.74) is 21.6. The summed E-state index contributed by atoms with van der Waals surface area (Å²) in [4.78, 5) is 3.19. The second kappa shape index (κ2) is 44.9. The summed E-state index contributed by atoms with van der Waals surface area (Å²) in [6, 6.07) is 0. The second-order valence-corrected chi connectivity index (χ2v) is 79.6. The van der Waals surface area contributed by atoms with Crippen LogP contribution in [-0.4, -0.2) is 106 Å². The van der Waals surface area contributed by atoms with Crippen LogP contribution in [0.4, 0.5) is 0 Å². The van der Waals surface area contributed by atoms with E-state index in [1.165, 1.54) is 113 Å². The predicted molar refractivity (Wildman–Crippen MR) is 585 cm³/mol. The van der Waals surface area contributed by atoms with E-state index in [0.29, 0.717) is 125 Å². The molecule has 0 aliphatic heterocycles. The van der Waals surface area contributed by atoms with E-state index < -0.39 is 43.4 Å². The Hall–Kier alpha value is 1.13. The molecule has 12 aliphatic carbocycles. The van der Waals surface area contributed by atoms with Crippen LogP contribution in [0.2, 0.25) is 72.5 Å². The SMILES string of the molecule is C[C@H]1CC[C@](C)(C2CC[C@]3(C)C(=C(Cl)Cl)CCC3[C@@H]2CN)[C@@H](CO[Si](C)(C)C(C)(C)C)C1.C[C@H]1CC[C@](C)(C2CC[C@]3(C)C(=C(Cl)Cl)CCC3[C@@H]2CN=[N+]=[N-])[C@@H](CO[Si](C)(C)C(C)(C)C)C1.C[C@H]1CC[C@](C)(C2CC[C@]3(C)C(=C(Cl)Cl)CCC3[C@@H]2CO)[C@@H](CO[Si](C)(C)C(C)(C)C)C1.C[C@H]1CC[C@](C)(C2CC[C@]3(C)C(=C(Cl)Cl)CCC3[C@@H]2COS(C)(=O)=O)[C@@H](CO[Si](C)(C)C(C)(C)C)C1. The van der Waals surface area contributed by atoms with Crippen LogP contribution >= 0.6 is 92.8 Å². The van der Waals surface area contributed by atoms with E-state index in [2.05, 4.69) is 229 Å². The Kier molecular flexibility index (Phi) is 39.8. The van der Waals surface area contributed by atoms with Gasteiger partial charge in [-0.1, -0.05) is 290 Å². The largest absolute Gasteiger partial charge is 0.417 e. The summed E-state index contributed by atoms with van der Waals surface area (Å²) in [6.45, 7) is 81.4. The van der Waals surface area contributed by atoms with Gasteiger partial charge in [-0.2, -0.15) is 8.42 Å². The fraction of sp³-hybridized carbons (Fsp3) is 0.927. The maximum absolute atomic E-state index is 12.1. The minimum Gasteiger partial charge on any atom is -0.417 e. The van der Waals surface area contributed by atoms with Gasteiger partial charge in [0.25, 0.3) is 10.1 Å². The third kappa shape index (κ3) is 25.3. The van der Waals surface area contributed by atoms with Gasteiger partial charge in [-0.15, -0.1) is 0 Å². The molecule has 0 heterocycles. The van der Waals surface area contributed by atoms with E-state index in [4.69, 9.17) is 120 Å². The van der Waals surface area contributed by atoms with Gasteiger partial charge < -0.3 is 28.5 Å². The lowest BCUT2D eigenvalue weighted by molar-refractivity contribution is -0.0915. The van der Waals surface area contributed by atoms with Crippen LogP contribution in [0.25, 0.3) is 10.4 Å². The van der Waals surface area contributed by atoms with Crippen LogP contribution < -0.4 is 5.73 Å². The number of halogens is 8. The summed E-state index contributed by atoms with van der Waals surface area (Å²) in [6.07, 6.45) is 33.5. The first kappa shape index (κ1) is 119. The molecule has 0 aromatic carbocycles. The van der Waals surface area contributed by atoms with Crippen molar-refractivity contribution in [1.29, 1.82) is 0 Å². The zero-order chi connectivity index (χ0) is 101. The molecule has 0 saturated heterocycles. The number of azide groups is 1. The number of nitrogens with zero attached hydrogens (tertiary/aromatic N) is 3. The van der Waals surface area contributed by atoms with Gasteiger partial charge >= 0.3 is 0 Å². The number of hydrogen-bond donors (Lipinski definition) is 2. The highest BCUT2D eigenvalue weighted by Gasteiger charge is 2.64. The van der Waals surface area contributed by atoms with Crippen molar-refractivity contribution in [1.82, 2.24) is 0 Å². The van der Waals surface area contributed by atoms with Gasteiger partial charge in [-0.05, 0) is 423 Å². The molecular formula is C109H194Cl8N4O8SSi4. The zero-order valence-corrected chi connectivity index (χ0v) is 102. The van der Waals surface area contributed by atoms with Crippen LogP contribution in [0.5, 0.6) is 0 Å². The number of fused-ring (bicyclic) bond motifs is 4. The van der Waals surface area contributed by atoms with Crippen molar-refractivity contribution in [3.63, 3.8) is 0 Å². The molecule has 0 aromatic heterocycles. The van der Waals surface area contributed by atoms with Crippen molar-refractivity contribution in [3.05, 3.63) is 50.7 Å². The van der Waals surface area contributed by atoms with Crippen molar-refractivity contribution in [2.75, 3.05) is 59.0 Å². The van der Waals surface area contributed by atoms with Gasteiger partial charge in [0.05, 0.1) is 12.9 Å². The Balaban J connectivity index is 0.000000201. The van der Waals surface area contributed by atoms with Gasteiger partial charge in [0.2, 0.25) is 0 Å². The van der Waals surface area contributed by atoms with Crippen LogP contribution in [0.1, 0.15) is 346 Å². The minimum absolute atomic E-state index is 0.0242. The molecule has 134 heavy (non-hydrogen) atoms. The number of rotatable bonds is 23. The number of aliphatic hydroxyl groups excluding tert-OH is 1. The first-order valence-electron chi connectivity index (χ1n) is 53.2. The first-order chi connectivity index (χ1) is 61.3. The molecule has 12 saturated carbocycles. The van der Waals surface area contributed by atoms with Gasteiger partial charge in [-0.25, -0.2) is 0 Å². The lowest BCUT2D eigenvalue weighted by atomic mass is 9.49. The molecular weight excluding hydrogens is 1920 g/mol. The summed E-state index contributed by atoms with van der Waals surface area (Å²) in [5, 5.41) is 15.7. The Bertz CT molecular complexity index is 4130. The highest BCUT2D eigenvalue weighted by Crippen LogP contribution is 2.71. The van der Waals surface area contributed by atoms with Gasteiger partial charge in [0, 0.05) is 44.5 Å². The third-order valence-electron chi connectivity index (χ3n) is 43.5. The quantitative estimate of drug-likeness (QED) is 0.0332. The molecule has 12 aliphatic rings. The lowest BCUT2D eigenvalue weighted by Gasteiger charge is -2.57. The zero-order valence-electron chi connectivity index (χ0n) is 90.7. The Morgan fingerprint density at radius 3 is 0.843 bits per heavy atom. The maximum atomic E-state index is 12.1. The normalized spacial score (nSPS) is 39.7. The van der Waals surface area contributed by atoms with Crippen molar-refractivity contribution in [3.8, 4) is 0 Å². The molecule has 3 N–H and O–H groups in total. The first-order valence-corrected chi connectivity index (χ1v) is 69.7. The Morgan fingerprint density at radius 1 is 0.381 bits per heavy atom. The fourth-order valence-electron chi connectivity index (χ4n) is 29.9. The van der Waals surface area contributed by atoms with Gasteiger partial charge in [0.15, 0.2) is 33.3 Å². The molecule has 0 amide bonds. The monoisotopic (exact) mass is 2110 g/mol. The highest BCUT2D eigenvalue weighted by atomic mass is 35.5. The molecule has 776 valence electrons. The molecule has 25 heteroatoms. The van der Waals surface area contributed by atoms with Crippen LogP contribution in [0.15, 0.2) is 45.4 Å². The Morgan fingerprint density at radius 2 is 0.612 bits per heavy atom. The molecule has 0 aromatic rings. The van der Waals surface area contributed by atoms with Crippen LogP contribution in [-0.2, 0) is 32.0 Å². The Labute approximate surface area is 864 Å². The summed E-state index contributed by atoms with van der Waals surface area (Å²) < 4.78 is 59.0. The number of nitrogens with two attached hydrogens (primary N) is 1. The number of aliphatic hydroxyl groups is 1. The standard InChI is InChI=1S/C28H50Cl2O4SSi.C27H47Cl2N3OSi.C27H49Cl2NOSi.C27H48Cl2O2Si/c1-19-12-14-27(5,20(16-19)17-34-36(8,9)26(2,3)4)23-13-15-28(6)22(10-11-24(28)25(29)30)21(23)18-33-35(7,31)32;1-18-11-13-26(5,19(15-18)17-33-34(7,8)25(2,3)4)22-12-14-27(6)21(20(22)16-31-32-30)9-10-23(27)24(28)29;2*1-18-11-13-26(5,19(15-18)17-31-32(7,8)25(2,3)4)22-12-14-27(6)21(20(22)16-30)9-10-23(27)24(28)29/h19-23H,10-18H2,1-9H3;18-22H,9-17H2,1-8H3;18-22H,9-17,30H2,1-8H3;18-22,30H,9-17H2,1-8H3/t19-,20+,21-,22?,23?,27-,28-;3*18-,19+,20-,21?,22?,26-,27-/m0000/s1. The van der Waals surface area contributed by atoms with Crippen molar-refractivity contribution >= 4 is 136 Å². The average molecular weight is 2120 g/mol. The lowest BCUT2D eigenvalue weighted by Crippen LogP contribution is -2.53. The van der Waals surface area contributed by atoms with Crippen molar-refractivity contribution in [2.24, 2.45) is 173 Å². The van der Waals surface area contributed by atoms with Gasteiger partial charge in [-0.3, -0.25) is 4.18 Å². The average Bonchev–Trinajstić information content (AvgIpc) is 1.43. The molecule has 0 radical (unpaired) electrons. The molecule has 12 rings (SSSR count). The van der Waals surface area contributed by atoms with E-state index in [-0.39, 0.29) is 77.2 Å². The van der Waals surface area contributed by atoms with Crippen molar-refractivity contribution in [2.45, 2.75) is 418 Å². The molecule has 12 nitrogen and oxygen atoms in total. The fourth-order valence-corrected chi connectivity index (χ4v) is 37.0. The topological polar surface area (TPSA) is 175 Å². The van der Waals surface area contributed by atoms with Crippen molar-refractivity contribution < 1.29 is 35.4 Å². The van der Waals surface area contributed by atoms with E-state index in [9.17, 15) is 19.1 Å². The molecule has 0 bridgehead atoms. The van der Waals surface area contributed by atoms with E-state index in [0.717, 1.165) is 146 Å². The molecule has 28 atom stereocenters. The molecule has 12 fully saturated rings. The minimum atomic E-state index is -3.53. The van der Waals surface area contributed by atoms with Gasteiger partial charge in [0.1, 0.15) is 18.0 Å². The number of hydrogen-bond acceptors (Lipinski definition) is 10. The maximum Gasteiger partial charge on any atom is 0.264 e. The highest BCUT2D eigenvalue weighted by molar-refractivity contribution is 7.86. The third-order valence-corrected chi connectivity index (χ3v) is 63.9. The second-order valence-electron chi connectivity index (χ2n) is 54.9. The summed E-state index contributed by atoms with van der Waals surface area (Å²) in [5.74, 6) is 10.5. The van der Waals surface area contributed by atoms with E-state index in [1.807, 2.05) is 0 Å². The van der Waals surface area contributed by atoms with Crippen LogP contribution in [0, 0.1) is 162 Å². The smallest absolute Gasteiger partial charge is 0.264 e. The van der Waals surface area contributed by atoms with E-state index >= 15 is 0 Å². The van der Waals surface area contributed by atoms with Crippen LogP contribution in [0.3, 0.4) is 0 Å². The summed E-state index contributed by atoms with van der Waals surface area (Å²) >= 11 is 50.8. The molecule has 8 unspecified atom stereocenters.